The van der Waals surface area contributed by atoms with Crippen LogP contribution in [0, 0.1) is 11.7 Å². The second-order valence-corrected chi connectivity index (χ2v) is 11.3. The zero-order chi connectivity index (χ0) is 30.9. The van der Waals surface area contributed by atoms with Crippen LogP contribution in [0.3, 0.4) is 0 Å². The summed E-state index contributed by atoms with van der Waals surface area (Å²) in [7, 11) is 0. The molecule has 2 aliphatic heterocycles. The molecule has 3 aliphatic rings. The third kappa shape index (κ3) is 5.95. The molecule has 1 N–H and O–H groups in total. The first-order valence-corrected chi connectivity index (χ1v) is 14.8. The number of carbonyl (C=O) groups is 1. The largest absolute Gasteiger partial charge is 0.486 e. The molecule has 1 atom stereocenters. The Bertz CT molecular complexity index is 1890. The number of hydrogen-bond acceptors (Lipinski definition) is 9. The number of nitrogens with zero attached hydrogens (tertiary/aromatic N) is 5. The van der Waals surface area contributed by atoms with Crippen LogP contribution in [0.25, 0.3) is 11.0 Å². The van der Waals surface area contributed by atoms with E-state index in [1.807, 2.05) is 48.5 Å². The van der Waals surface area contributed by atoms with Crippen LogP contribution in [-0.2, 0) is 11.4 Å². The summed E-state index contributed by atoms with van der Waals surface area (Å²) in [5.41, 5.74) is 1.62. The molecular weight excluding hydrogens is 581 g/mol. The van der Waals surface area contributed by atoms with Crippen molar-refractivity contribution in [1.29, 1.82) is 0 Å². The van der Waals surface area contributed by atoms with Crippen LogP contribution in [-0.4, -0.2) is 65.4 Å². The fraction of sp³-hybridized carbons (Fsp3) is 0.303. The summed E-state index contributed by atoms with van der Waals surface area (Å²) in [4.78, 5) is 41.4. The number of fused-ring (bicyclic) bond motifs is 2. The van der Waals surface area contributed by atoms with Gasteiger partial charge in [-0.25, -0.2) is 14.2 Å². The van der Waals surface area contributed by atoms with E-state index in [1.54, 1.807) is 15.7 Å². The standard InChI is InChI=1S/C33H30FN5O6/c34-26-13-24-30(40)25(33(41)42)17-39(23-7-8-23)31(24)36-32(26)38-16-22(15-35-14-20-4-2-1-3-5-20)27(18-38)37-45-19-21-6-9-28-29(12-21)44-11-10-43-28/h1-6,9,12-14,17,22-23H,7-8,10-11,15-16,18-19H2,(H,41,42)/b35-14?,37-27+. The number of rotatable bonds is 9. The van der Waals surface area contributed by atoms with Gasteiger partial charge in [-0.15, -0.1) is 0 Å². The fourth-order valence-corrected chi connectivity index (χ4v) is 5.62. The third-order valence-electron chi connectivity index (χ3n) is 8.06. The fourth-order valence-electron chi connectivity index (χ4n) is 5.62. The first-order chi connectivity index (χ1) is 21.9. The van der Waals surface area contributed by atoms with Crippen molar-refractivity contribution in [3.8, 4) is 11.5 Å². The number of carboxylic acid groups (broad SMARTS) is 1. The number of hydrogen-bond donors (Lipinski definition) is 1. The molecule has 0 amide bonds. The average Bonchev–Trinajstić information content (AvgIpc) is 3.82. The van der Waals surface area contributed by atoms with Crippen molar-refractivity contribution in [3.05, 3.63) is 93.5 Å². The molecule has 1 saturated carbocycles. The molecule has 1 unspecified atom stereocenters. The van der Waals surface area contributed by atoms with E-state index in [-0.39, 0.29) is 42.0 Å². The van der Waals surface area contributed by atoms with Crippen molar-refractivity contribution in [3.63, 3.8) is 0 Å². The number of pyridine rings is 2. The third-order valence-corrected chi connectivity index (χ3v) is 8.06. The number of anilines is 1. The van der Waals surface area contributed by atoms with Crippen molar-refractivity contribution in [2.75, 3.05) is 37.7 Å². The molecule has 2 aromatic carbocycles. The highest BCUT2D eigenvalue weighted by molar-refractivity contribution is 5.95. The number of ether oxygens (including phenoxy) is 2. The molecule has 2 fully saturated rings. The molecule has 0 radical (unpaired) electrons. The van der Waals surface area contributed by atoms with E-state index in [9.17, 15) is 14.7 Å². The lowest BCUT2D eigenvalue weighted by Crippen LogP contribution is -2.25. The highest BCUT2D eigenvalue weighted by Gasteiger charge is 2.34. The molecule has 0 bridgehead atoms. The van der Waals surface area contributed by atoms with Gasteiger partial charge in [0.1, 0.15) is 31.0 Å². The van der Waals surface area contributed by atoms with Crippen LogP contribution >= 0.6 is 0 Å². The van der Waals surface area contributed by atoms with E-state index in [4.69, 9.17) is 14.3 Å². The summed E-state index contributed by atoms with van der Waals surface area (Å²) in [5.74, 6) is -0.843. The minimum absolute atomic E-state index is 0.0155. The molecule has 12 heteroatoms. The van der Waals surface area contributed by atoms with E-state index >= 15 is 4.39 Å². The van der Waals surface area contributed by atoms with Gasteiger partial charge in [0.15, 0.2) is 23.1 Å². The molecule has 11 nitrogen and oxygen atoms in total. The zero-order valence-electron chi connectivity index (χ0n) is 24.3. The minimum atomic E-state index is -1.35. The van der Waals surface area contributed by atoms with E-state index in [1.165, 1.54) is 6.20 Å². The van der Waals surface area contributed by atoms with Crippen molar-refractivity contribution in [2.45, 2.75) is 25.5 Å². The van der Waals surface area contributed by atoms with Gasteiger partial charge in [-0.3, -0.25) is 9.79 Å². The molecule has 4 heterocycles. The average molecular weight is 612 g/mol. The Labute approximate surface area is 257 Å². The number of carboxylic acids is 1. The van der Waals surface area contributed by atoms with Crippen molar-refractivity contribution >= 4 is 34.7 Å². The van der Waals surface area contributed by atoms with Crippen LogP contribution in [0.5, 0.6) is 11.5 Å². The Kier molecular flexibility index (Phi) is 7.62. The predicted molar refractivity (Wildman–Crippen MR) is 165 cm³/mol. The predicted octanol–water partition coefficient (Wildman–Crippen LogP) is 4.47. The van der Waals surface area contributed by atoms with Crippen LogP contribution in [0.4, 0.5) is 10.2 Å². The van der Waals surface area contributed by atoms with Gasteiger partial charge in [0, 0.05) is 37.5 Å². The molecule has 0 spiro atoms. The monoisotopic (exact) mass is 611 g/mol. The first kappa shape index (κ1) is 28.5. The molecular formula is C33H30FN5O6. The van der Waals surface area contributed by atoms with Crippen molar-refractivity contribution in [1.82, 2.24) is 9.55 Å². The Balaban J connectivity index is 1.17. The maximum atomic E-state index is 15.6. The second-order valence-electron chi connectivity index (χ2n) is 11.3. The first-order valence-electron chi connectivity index (χ1n) is 14.8. The van der Waals surface area contributed by atoms with Gasteiger partial charge in [0.05, 0.1) is 17.6 Å². The molecule has 7 rings (SSSR count). The summed E-state index contributed by atoms with van der Waals surface area (Å²) < 4.78 is 28.6. The lowest BCUT2D eigenvalue weighted by molar-refractivity contribution is 0.0694. The summed E-state index contributed by atoms with van der Waals surface area (Å²) in [6.45, 7) is 2.19. The van der Waals surface area contributed by atoms with Gasteiger partial charge < -0.3 is 28.9 Å². The molecule has 4 aromatic rings. The minimum Gasteiger partial charge on any atom is -0.486 e. The van der Waals surface area contributed by atoms with E-state index in [2.05, 4.69) is 15.1 Å². The summed E-state index contributed by atoms with van der Waals surface area (Å²) in [6.07, 6.45) is 4.77. The number of benzene rings is 2. The van der Waals surface area contributed by atoms with Crippen molar-refractivity contribution < 1.29 is 28.6 Å². The van der Waals surface area contributed by atoms with Crippen LogP contribution in [0.2, 0.25) is 0 Å². The Morgan fingerprint density at radius 1 is 1.11 bits per heavy atom. The number of aromatic carboxylic acids is 1. The van der Waals surface area contributed by atoms with Gasteiger partial charge in [-0.2, -0.15) is 0 Å². The van der Waals surface area contributed by atoms with E-state index in [0.717, 1.165) is 30.0 Å². The second kappa shape index (κ2) is 12.0. The molecule has 1 saturated heterocycles. The van der Waals surface area contributed by atoms with Gasteiger partial charge in [0.25, 0.3) is 0 Å². The Morgan fingerprint density at radius 3 is 2.69 bits per heavy atom. The highest BCUT2D eigenvalue weighted by atomic mass is 19.1. The van der Waals surface area contributed by atoms with Gasteiger partial charge in [-0.05, 0) is 42.2 Å². The van der Waals surface area contributed by atoms with E-state index in [0.29, 0.717) is 43.5 Å². The molecule has 2 aromatic heterocycles. The van der Waals surface area contributed by atoms with Gasteiger partial charge >= 0.3 is 5.97 Å². The number of aromatic nitrogens is 2. The summed E-state index contributed by atoms with van der Waals surface area (Å²) in [5, 5.41) is 14.0. The lowest BCUT2D eigenvalue weighted by Gasteiger charge is -2.19. The smallest absolute Gasteiger partial charge is 0.341 e. The lowest BCUT2D eigenvalue weighted by atomic mass is 10.1. The van der Waals surface area contributed by atoms with Crippen LogP contribution < -0.4 is 19.8 Å². The SMILES string of the molecule is O=C(O)c1cn(C2CC2)c2nc(N3C/C(=N\OCc4ccc5c(c4)OCCO5)C(CN=Cc4ccccc4)C3)c(F)cc2c1=O. The quantitative estimate of drug-likeness (QED) is 0.217. The van der Waals surface area contributed by atoms with Crippen LogP contribution in [0.15, 0.2) is 75.7 Å². The number of aliphatic imine (C=N–C) groups is 1. The molecule has 1 aliphatic carbocycles. The maximum Gasteiger partial charge on any atom is 0.341 e. The number of halogens is 1. The van der Waals surface area contributed by atoms with Crippen LogP contribution in [0.1, 0.15) is 40.4 Å². The van der Waals surface area contributed by atoms with Gasteiger partial charge in [-0.1, -0.05) is 41.6 Å². The highest BCUT2D eigenvalue weighted by Crippen LogP contribution is 2.37. The zero-order valence-corrected chi connectivity index (χ0v) is 24.3. The summed E-state index contributed by atoms with van der Waals surface area (Å²) >= 11 is 0. The normalized spacial score (nSPS) is 18.6. The Morgan fingerprint density at radius 2 is 1.91 bits per heavy atom. The maximum absolute atomic E-state index is 15.6. The molecule has 45 heavy (non-hydrogen) atoms. The topological polar surface area (TPSA) is 128 Å². The Hall–Kier alpha value is -5.26. The van der Waals surface area contributed by atoms with E-state index < -0.39 is 22.8 Å². The number of oxime groups is 1. The van der Waals surface area contributed by atoms with Gasteiger partial charge in [0.2, 0.25) is 5.43 Å². The van der Waals surface area contributed by atoms with Crippen molar-refractivity contribution in [2.24, 2.45) is 16.1 Å². The molecule has 230 valence electrons. The summed E-state index contributed by atoms with van der Waals surface area (Å²) in [6, 6.07) is 16.4.